The molecular weight excluding hydrogens is 194 g/mol. The molecule has 0 aliphatic carbocycles. The summed E-state index contributed by atoms with van der Waals surface area (Å²) < 4.78 is 1.17. The minimum Gasteiger partial charge on any atom is -0.233 e. The Balaban J connectivity index is 2.15. The van der Waals surface area contributed by atoms with Gasteiger partial charge in [-0.25, -0.2) is 15.3 Å². The summed E-state index contributed by atoms with van der Waals surface area (Å²) in [5.74, 6) is 0.714. The summed E-state index contributed by atoms with van der Waals surface area (Å²) in [7, 11) is 0. The van der Waals surface area contributed by atoms with Crippen molar-refractivity contribution in [3.8, 4) is 0 Å². The maximum Gasteiger partial charge on any atom is 0.188 e. The van der Waals surface area contributed by atoms with Crippen molar-refractivity contribution in [2.24, 2.45) is 4.99 Å². The molecule has 0 unspecified atom stereocenters. The summed E-state index contributed by atoms with van der Waals surface area (Å²) in [6, 6.07) is 8.05. The van der Waals surface area contributed by atoms with Gasteiger partial charge in [0.15, 0.2) is 10.8 Å². The minimum absolute atomic E-state index is 0.714. The van der Waals surface area contributed by atoms with Crippen LogP contribution < -0.4 is 5.32 Å². The van der Waals surface area contributed by atoms with E-state index in [-0.39, 0.29) is 0 Å². The van der Waals surface area contributed by atoms with Crippen molar-refractivity contribution < 1.29 is 0 Å². The number of aliphatic imine (C=N–C) groups is 1. The fraction of sp³-hybridized carbons (Fsp3) is 0. The molecule has 67 valence electrons. The second-order valence-electron chi connectivity index (χ2n) is 2.87. The van der Waals surface area contributed by atoms with E-state index in [1.165, 1.54) is 4.70 Å². The molecule has 0 N–H and O–H groups in total. The third-order valence-corrected chi connectivity index (χ3v) is 2.98. The Morgan fingerprint density at radius 3 is 2.79 bits per heavy atom. The Morgan fingerprint density at radius 1 is 1.07 bits per heavy atom. The van der Waals surface area contributed by atoms with Crippen molar-refractivity contribution in [3.05, 3.63) is 41.7 Å². The third-order valence-electron chi connectivity index (χ3n) is 1.95. The van der Waals surface area contributed by atoms with Crippen LogP contribution in [0.1, 0.15) is 5.01 Å². The van der Waals surface area contributed by atoms with Gasteiger partial charge in [-0.1, -0.05) is 12.1 Å². The van der Waals surface area contributed by atoms with Gasteiger partial charge in [-0.3, -0.25) is 0 Å². The third kappa shape index (κ3) is 1.12. The fourth-order valence-corrected chi connectivity index (χ4v) is 2.23. The summed E-state index contributed by atoms with van der Waals surface area (Å²) in [4.78, 5) is 8.57. The van der Waals surface area contributed by atoms with Crippen molar-refractivity contribution in [2.45, 2.75) is 0 Å². The van der Waals surface area contributed by atoms with Crippen LogP contribution in [0.25, 0.3) is 10.2 Å². The lowest BCUT2D eigenvalue weighted by Gasteiger charge is -1.89. The zero-order valence-electron chi connectivity index (χ0n) is 7.21. The zero-order valence-corrected chi connectivity index (χ0v) is 8.03. The van der Waals surface area contributed by atoms with Crippen molar-refractivity contribution in [1.29, 1.82) is 0 Å². The Kier molecular flexibility index (Phi) is 1.61. The molecular formula is C10H6N3S. The first-order chi connectivity index (χ1) is 6.93. The average molecular weight is 200 g/mol. The molecule has 4 heteroatoms. The van der Waals surface area contributed by atoms with Crippen LogP contribution in [0.15, 0.2) is 41.7 Å². The molecule has 0 bridgehead atoms. The van der Waals surface area contributed by atoms with Gasteiger partial charge in [0.05, 0.1) is 10.2 Å². The monoisotopic (exact) mass is 200 g/mol. The molecule has 1 radical (unpaired) electrons. The highest BCUT2D eigenvalue weighted by atomic mass is 32.1. The number of fused-ring (bicyclic) bond motifs is 1. The molecule has 3 nitrogen and oxygen atoms in total. The molecule has 0 atom stereocenters. The summed E-state index contributed by atoms with van der Waals surface area (Å²) in [6.45, 7) is 0. The Labute approximate surface area is 84.8 Å². The van der Waals surface area contributed by atoms with Crippen LogP contribution in [-0.4, -0.2) is 10.8 Å². The first-order valence-corrected chi connectivity index (χ1v) is 5.05. The van der Waals surface area contributed by atoms with E-state index in [0.717, 1.165) is 10.5 Å². The van der Waals surface area contributed by atoms with Crippen molar-refractivity contribution in [1.82, 2.24) is 10.3 Å². The van der Waals surface area contributed by atoms with Crippen LogP contribution in [-0.2, 0) is 0 Å². The molecule has 0 saturated heterocycles. The molecule has 2 aromatic rings. The smallest absolute Gasteiger partial charge is 0.188 e. The van der Waals surface area contributed by atoms with Crippen molar-refractivity contribution in [3.63, 3.8) is 0 Å². The molecule has 2 heterocycles. The standard InChI is InChI=1S/C10H6N3S/c1-2-4-8-7(3-1)13-10(14-8)9-11-5-6-12-9/h1-6H. The molecule has 0 spiro atoms. The van der Waals surface area contributed by atoms with Gasteiger partial charge in [0, 0.05) is 12.4 Å². The molecule has 3 rings (SSSR count). The summed E-state index contributed by atoms with van der Waals surface area (Å²) >= 11 is 1.62. The summed E-state index contributed by atoms with van der Waals surface area (Å²) in [5.41, 5.74) is 1.01. The second-order valence-corrected chi connectivity index (χ2v) is 3.90. The average Bonchev–Trinajstić information content (AvgIpc) is 2.86. The van der Waals surface area contributed by atoms with Crippen LogP contribution in [0.3, 0.4) is 0 Å². The van der Waals surface area contributed by atoms with Crippen LogP contribution in [0.4, 0.5) is 0 Å². The second kappa shape index (κ2) is 2.92. The molecule has 0 fully saturated rings. The van der Waals surface area contributed by atoms with Gasteiger partial charge in [0.1, 0.15) is 0 Å². The fourth-order valence-electron chi connectivity index (χ4n) is 1.32. The maximum absolute atomic E-state index is 4.45. The van der Waals surface area contributed by atoms with Crippen molar-refractivity contribution in [2.75, 3.05) is 0 Å². The highest BCUT2D eigenvalue weighted by Gasteiger charge is 2.11. The first kappa shape index (κ1) is 7.70. The summed E-state index contributed by atoms with van der Waals surface area (Å²) in [5, 5.41) is 5.00. The predicted octanol–water partition coefficient (Wildman–Crippen LogP) is 2.13. The van der Waals surface area contributed by atoms with Gasteiger partial charge in [0.2, 0.25) is 0 Å². The maximum atomic E-state index is 4.45. The first-order valence-electron chi connectivity index (χ1n) is 4.23. The summed E-state index contributed by atoms with van der Waals surface area (Å²) in [6.07, 6.45) is 3.36. The van der Waals surface area contributed by atoms with Gasteiger partial charge < -0.3 is 0 Å². The Hall–Kier alpha value is -1.68. The number of hydrogen-bond donors (Lipinski definition) is 0. The number of thiazole rings is 1. The number of nitrogens with zero attached hydrogens (tertiary/aromatic N) is 3. The lowest BCUT2D eigenvalue weighted by Crippen LogP contribution is -2.06. The van der Waals surface area contributed by atoms with Crippen LogP contribution >= 0.6 is 11.3 Å². The van der Waals surface area contributed by atoms with E-state index in [9.17, 15) is 0 Å². The van der Waals surface area contributed by atoms with Crippen LogP contribution in [0.2, 0.25) is 0 Å². The number of aromatic nitrogens is 1. The number of benzene rings is 1. The number of para-hydroxylation sites is 1. The van der Waals surface area contributed by atoms with Gasteiger partial charge in [-0.2, -0.15) is 0 Å². The van der Waals surface area contributed by atoms with Gasteiger partial charge in [-0.15, -0.1) is 11.3 Å². The highest BCUT2D eigenvalue weighted by Crippen LogP contribution is 2.22. The largest absolute Gasteiger partial charge is 0.233 e. The van der Waals surface area contributed by atoms with Gasteiger partial charge >= 0.3 is 0 Å². The Morgan fingerprint density at radius 2 is 2.00 bits per heavy atom. The van der Waals surface area contributed by atoms with Gasteiger partial charge in [-0.05, 0) is 12.1 Å². The minimum atomic E-state index is 0.714. The lowest BCUT2D eigenvalue weighted by atomic mass is 10.3. The normalized spacial score (nSPS) is 14.4. The number of hydrogen-bond acceptors (Lipinski definition) is 3. The quantitative estimate of drug-likeness (QED) is 0.695. The molecule has 1 aromatic carbocycles. The SMILES string of the molecule is C1=CN=C(c2nc3ccccc3s2)[N]1. The van der Waals surface area contributed by atoms with E-state index in [4.69, 9.17) is 0 Å². The topological polar surface area (TPSA) is 39.4 Å². The molecule has 14 heavy (non-hydrogen) atoms. The van der Waals surface area contributed by atoms with E-state index in [1.807, 2.05) is 18.2 Å². The van der Waals surface area contributed by atoms with E-state index in [2.05, 4.69) is 21.4 Å². The van der Waals surface area contributed by atoms with Crippen LogP contribution in [0, 0.1) is 0 Å². The molecule has 0 saturated carbocycles. The molecule has 1 aliphatic rings. The van der Waals surface area contributed by atoms with Gasteiger partial charge in [0.25, 0.3) is 0 Å². The molecule has 0 amide bonds. The lowest BCUT2D eigenvalue weighted by molar-refractivity contribution is 1.27. The predicted molar refractivity (Wildman–Crippen MR) is 57.4 cm³/mol. The molecule has 1 aliphatic heterocycles. The highest BCUT2D eigenvalue weighted by molar-refractivity contribution is 7.20. The number of rotatable bonds is 1. The Bertz CT molecular complexity index is 506. The van der Waals surface area contributed by atoms with Crippen LogP contribution in [0.5, 0.6) is 0 Å². The molecule has 1 aromatic heterocycles. The van der Waals surface area contributed by atoms with E-state index < -0.39 is 0 Å². The number of amidine groups is 1. The van der Waals surface area contributed by atoms with Crippen molar-refractivity contribution >= 4 is 27.4 Å². The van der Waals surface area contributed by atoms with E-state index in [0.29, 0.717) is 5.84 Å². The van der Waals surface area contributed by atoms with E-state index >= 15 is 0 Å². The van der Waals surface area contributed by atoms with E-state index in [1.54, 1.807) is 23.7 Å². The zero-order chi connectivity index (χ0) is 9.38.